The van der Waals surface area contributed by atoms with Gasteiger partial charge in [-0.05, 0) is 36.8 Å². The molecule has 104 valence electrons. The summed E-state index contributed by atoms with van der Waals surface area (Å²) in [5, 5.41) is 7.31. The van der Waals surface area contributed by atoms with Crippen LogP contribution in [0.25, 0.3) is 0 Å². The Balaban J connectivity index is 2.17. The third-order valence-corrected chi connectivity index (χ3v) is 3.78. The second-order valence-electron chi connectivity index (χ2n) is 4.39. The standard InChI is InChI=1S/C15H14BrFN2O/c1-9-7-11(5-6-13(9)16)20-8-10-3-2-4-12(14(10)17)15(18)19/h2-7H,8H2,1H3,(H3,18,19). The minimum atomic E-state index is -0.506. The molecule has 0 heterocycles. The summed E-state index contributed by atoms with van der Waals surface area (Å²) in [6, 6.07) is 10.3. The summed E-state index contributed by atoms with van der Waals surface area (Å²) in [5.74, 6) is -0.129. The smallest absolute Gasteiger partial charge is 0.140 e. The molecule has 0 unspecified atom stereocenters. The zero-order valence-corrected chi connectivity index (χ0v) is 12.5. The van der Waals surface area contributed by atoms with Crippen LogP contribution in [0.2, 0.25) is 0 Å². The molecule has 0 atom stereocenters. The van der Waals surface area contributed by atoms with Crippen molar-refractivity contribution in [2.45, 2.75) is 13.5 Å². The first-order chi connectivity index (χ1) is 9.49. The minimum Gasteiger partial charge on any atom is -0.489 e. The molecule has 0 aliphatic heterocycles. The van der Waals surface area contributed by atoms with Crippen LogP contribution in [-0.4, -0.2) is 5.84 Å². The Labute approximate surface area is 125 Å². The predicted molar refractivity (Wildman–Crippen MR) is 80.6 cm³/mol. The van der Waals surface area contributed by atoms with E-state index in [1.807, 2.05) is 25.1 Å². The van der Waals surface area contributed by atoms with E-state index in [0.717, 1.165) is 10.0 Å². The number of nitrogens with one attached hydrogen (secondary N) is 1. The summed E-state index contributed by atoms with van der Waals surface area (Å²) in [7, 11) is 0. The summed E-state index contributed by atoms with van der Waals surface area (Å²) >= 11 is 3.41. The first-order valence-electron chi connectivity index (χ1n) is 6.00. The number of hydrogen-bond donors (Lipinski definition) is 2. The molecule has 0 fully saturated rings. The number of amidine groups is 1. The fourth-order valence-corrected chi connectivity index (χ4v) is 2.01. The number of nitrogens with two attached hydrogens (primary N) is 1. The molecule has 5 heteroatoms. The Morgan fingerprint density at radius 1 is 1.35 bits per heavy atom. The molecule has 0 saturated heterocycles. The van der Waals surface area contributed by atoms with Crippen LogP contribution in [0.1, 0.15) is 16.7 Å². The van der Waals surface area contributed by atoms with Crippen molar-refractivity contribution in [1.29, 1.82) is 5.41 Å². The van der Waals surface area contributed by atoms with Crippen LogP contribution >= 0.6 is 15.9 Å². The van der Waals surface area contributed by atoms with Crippen molar-refractivity contribution >= 4 is 21.8 Å². The van der Waals surface area contributed by atoms with Gasteiger partial charge in [0.15, 0.2) is 0 Å². The lowest BCUT2D eigenvalue weighted by atomic mass is 10.1. The molecule has 2 rings (SSSR count). The minimum absolute atomic E-state index is 0.0913. The summed E-state index contributed by atoms with van der Waals surface area (Å²) in [5.41, 5.74) is 6.84. The molecule has 0 amide bonds. The number of rotatable bonds is 4. The highest BCUT2D eigenvalue weighted by Crippen LogP contribution is 2.23. The Morgan fingerprint density at radius 3 is 2.75 bits per heavy atom. The molecule has 0 aliphatic rings. The monoisotopic (exact) mass is 336 g/mol. The summed E-state index contributed by atoms with van der Waals surface area (Å²) < 4.78 is 20.6. The van der Waals surface area contributed by atoms with Crippen molar-refractivity contribution in [3.63, 3.8) is 0 Å². The second kappa shape index (κ2) is 6.05. The third kappa shape index (κ3) is 3.17. The van der Waals surface area contributed by atoms with Crippen LogP contribution in [0, 0.1) is 18.2 Å². The van der Waals surface area contributed by atoms with Gasteiger partial charge in [-0.2, -0.15) is 0 Å². The predicted octanol–water partition coefficient (Wildman–Crippen LogP) is 3.76. The van der Waals surface area contributed by atoms with Gasteiger partial charge >= 0.3 is 0 Å². The van der Waals surface area contributed by atoms with Crippen molar-refractivity contribution in [2.75, 3.05) is 0 Å². The molecular formula is C15H14BrFN2O. The fourth-order valence-electron chi connectivity index (χ4n) is 1.77. The van der Waals surface area contributed by atoms with Gasteiger partial charge in [-0.1, -0.05) is 28.1 Å². The van der Waals surface area contributed by atoms with Gasteiger partial charge in [0.2, 0.25) is 0 Å². The van der Waals surface area contributed by atoms with E-state index in [1.165, 1.54) is 6.07 Å². The molecule has 0 radical (unpaired) electrons. The van der Waals surface area contributed by atoms with E-state index in [0.29, 0.717) is 11.3 Å². The van der Waals surface area contributed by atoms with Gasteiger partial charge in [0.05, 0.1) is 5.56 Å². The van der Waals surface area contributed by atoms with E-state index in [1.54, 1.807) is 12.1 Å². The van der Waals surface area contributed by atoms with E-state index in [2.05, 4.69) is 15.9 Å². The molecule has 0 saturated carbocycles. The van der Waals surface area contributed by atoms with Gasteiger partial charge in [0.25, 0.3) is 0 Å². The average Bonchev–Trinajstić information content (AvgIpc) is 2.41. The van der Waals surface area contributed by atoms with Crippen LogP contribution in [0.15, 0.2) is 40.9 Å². The highest BCUT2D eigenvalue weighted by atomic mass is 79.9. The SMILES string of the molecule is Cc1cc(OCc2cccc(C(=N)N)c2F)ccc1Br. The van der Waals surface area contributed by atoms with E-state index in [-0.39, 0.29) is 18.0 Å². The van der Waals surface area contributed by atoms with E-state index < -0.39 is 5.82 Å². The Kier molecular flexibility index (Phi) is 4.39. The molecule has 3 N–H and O–H groups in total. The second-order valence-corrected chi connectivity index (χ2v) is 5.25. The lowest BCUT2D eigenvalue weighted by Crippen LogP contribution is -2.14. The topological polar surface area (TPSA) is 59.1 Å². The quantitative estimate of drug-likeness (QED) is 0.659. The van der Waals surface area contributed by atoms with Crippen molar-refractivity contribution < 1.29 is 9.13 Å². The third-order valence-electron chi connectivity index (χ3n) is 2.89. The Hall–Kier alpha value is -1.88. The number of ether oxygens (including phenoxy) is 1. The van der Waals surface area contributed by atoms with Crippen molar-refractivity contribution in [1.82, 2.24) is 0 Å². The number of nitrogen functional groups attached to an aromatic ring is 1. The molecule has 0 bridgehead atoms. The van der Waals surface area contributed by atoms with Crippen LogP contribution in [-0.2, 0) is 6.61 Å². The van der Waals surface area contributed by atoms with Gasteiger partial charge in [0.1, 0.15) is 24.0 Å². The van der Waals surface area contributed by atoms with Crippen LogP contribution < -0.4 is 10.5 Å². The maximum Gasteiger partial charge on any atom is 0.140 e. The van der Waals surface area contributed by atoms with Gasteiger partial charge < -0.3 is 10.5 Å². The van der Waals surface area contributed by atoms with Gasteiger partial charge in [0, 0.05) is 10.0 Å². The summed E-state index contributed by atoms with van der Waals surface area (Å²) in [4.78, 5) is 0. The first-order valence-corrected chi connectivity index (χ1v) is 6.79. The lowest BCUT2D eigenvalue weighted by Gasteiger charge is -2.10. The number of benzene rings is 2. The molecule has 2 aromatic carbocycles. The van der Waals surface area contributed by atoms with Crippen LogP contribution in [0.4, 0.5) is 4.39 Å². The van der Waals surface area contributed by atoms with E-state index >= 15 is 0 Å². The van der Waals surface area contributed by atoms with Gasteiger partial charge in [-0.25, -0.2) is 4.39 Å². The van der Waals surface area contributed by atoms with Crippen molar-refractivity contribution in [3.8, 4) is 5.75 Å². The van der Waals surface area contributed by atoms with Crippen LogP contribution in [0.3, 0.4) is 0 Å². The Bertz CT molecular complexity index is 658. The highest BCUT2D eigenvalue weighted by Gasteiger charge is 2.10. The number of halogens is 2. The molecule has 0 aromatic heterocycles. The van der Waals surface area contributed by atoms with Gasteiger partial charge in [-0.15, -0.1) is 0 Å². The molecule has 0 spiro atoms. The Morgan fingerprint density at radius 2 is 2.10 bits per heavy atom. The number of aryl methyl sites for hydroxylation is 1. The van der Waals surface area contributed by atoms with Crippen molar-refractivity contribution in [3.05, 3.63) is 63.4 Å². The zero-order chi connectivity index (χ0) is 14.7. The normalized spacial score (nSPS) is 10.3. The van der Waals surface area contributed by atoms with Crippen LogP contribution in [0.5, 0.6) is 5.75 Å². The number of hydrogen-bond acceptors (Lipinski definition) is 2. The fraction of sp³-hybridized carbons (Fsp3) is 0.133. The maximum atomic E-state index is 14.1. The maximum absolute atomic E-state index is 14.1. The lowest BCUT2D eigenvalue weighted by molar-refractivity contribution is 0.299. The summed E-state index contributed by atoms with van der Waals surface area (Å²) in [6.07, 6.45) is 0. The van der Waals surface area contributed by atoms with E-state index in [9.17, 15) is 4.39 Å². The molecule has 3 nitrogen and oxygen atoms in total. The molecule has 0 aliphatic carbocycles. The first kappa shape index (κ1) is 14.5. The largest absolute Gasteiger partial charge is 0.489 e. The molecular weight excluding hydrogens is 323 g/mol. The zero-order valence-electron chi connectivity index (χ0n) is 10.9. The summed E-state index contributed by atoms with van der Waals surface area (Å²) in [6.45, 7) is 2.04. The molecule has 2 aromatic rings. The molecule has 20 heavy (non-hydrogen) atoms. The highest BCUT2D eigenvalue weighted by molar-refractivity contribution is 9.10. The van der Waals surface area contributed by atoms with E-state index in [4.69, 9.17) is 15.9 Å². The van der Waals surface area contributed by atoms with Gasteiger partial charge in [-0.3, -0.25) is 5.41 Å². The van der Waals surface area contributed by atoms with Crippen molar-refractivity contribution in [2.24, 2.45) is 5.73 Å². The average molecular weight is 337 g/mol.